The van der Waals surface area contributed by atoms with Gasteiger partial charge in [-0.15, -0.1) is 0 Å². The zero-order valence-corrected chi connectivity index (χ0v) is 8.67. The monoisotopic (exact) mass is 208 g/mol. The van der Waals surface area contributed by atoms with E-state index in [0.717, 1.165) is 0 Å². The first kappa shape index (κ1) is 12.4. The SMILES string of the molecule is CC(CS(=O)(=O)C(C)CN)C(N)=O. The van der Waals surface area contributed by atoms with Gasteiger partial charge in [0, 0.05) is 12.5 Å². The van der Waals surface area contributed by atoms with Crippen molar-refractivity contribution in [3.05, 3.63) is 0 Å². The zero-order chi connectivity index (χ0) is 10.6. The van der Waals surface area contributed by atoms with Crippen LogP contribution in [0.5, 0.6) is 0 Å². The maximum Gasteiger partial charge on any atom is 0.221 e. The van der Waals surface area contributed by atoms with Crippen LogP contribution in [0.3, 0.4) is 0 Å². The summed E-state index contributed by atoms with van der Waals surface area (Å²) in [5, 5.41) is -0.616. The van der Waals surface area contributed by atoms with Crippen molar-refractivity contribution in [2.24, 2.45) is 17.4 Å². The molecule has 0 aromatic rings. The Morgan fingerprint density at radius 1 is 1.38 bits per heavy atom. The highest BCUT2D eigenvalue weighted by molar-refractivity contribution is 7.92. The molecular weight excluding hydrogens is 192 g/mol. The number of primary amides is 1. The van der Waals surface area contributed by atoms with Crippen LogP contribution in [-0.2, 0) is 14.6 Å². The lowest BCUT2D eigenvalue weighted by Crippen LogP contribution is -2.34. The van der Waals surface area contributed by atoms with Crippen LogP contribution in [0, 0.1) is 5.92 Å². The fourth-order valence-corrected chi connectivity index (χ4v) is 2.22. The summed E-state index contributed by atoms with van der Waals surface area (Å²) in [6.07, 6.45) is 0. The van der Waals surface area contributed by atoms with E-state index in [-0.39, 0.29) is 12.3 Å². The van der Waals surface area contributed by atoms with Crippen LogP contribution < -0.4 is 11.5 Å². The van der Waals surface area contributed by atoms with Gasteiger partial charge in [0.2, 0.25) is 5.91 Å². The van der Waals surface area contributed by atoms with Gasteiger partial charge in [-0.25, -0.2) is 8.42 Å². The first-order valence-corrected chi connectivity index (χ1v) is 5.73. The quantitative estimate of drug-likeness (QED) is 0.596. The van der Waals surface area contributed by atoms with Crippen molar-refractivity contribution in [1.29, 1.82) is 0 Å². The Bertz CT molecular complexity index is 273. The maximum atomic E-state index is 11.4. The molecule has 0 fully saturated rings. The van der Waals surface area contributed by atoms with Gasteiger partial charge in [-0.1, -0.05) is 6.92 Å². The molecule has 4 N–H and O–H groups in total. The highest BCUT2D eigenvalue weighted by Gasteiger charge is 2.24. The molecule has 0 aliphatic heterocycles. The number of nitrogens with two attached hydrogens (primary N) is 2. The number of carbonyl (C=O) groups excluding carboxylic acids is 1. The second-order valence-electron chi connectivity index (χ2n) is 3.18. The Labute approximate surface area is 78.4 Å². The van der Waals surface area contributed by atoms with Crippen molar-refractivity contribution >= 4 is 15.7 Å². The molecule has 0 heterocycles. The Morgan fingerprint density at radius 3 is 2.15 bits per heavy atom. The van der Waals surface area contributed by atoms with Gasteiger partial charge >= 0.3 is 0 Å². The molecule has 6 heteroatoms. The first-order chi connectivity index (χ1) is 5.81. The van der Waals surface area contributed by atoms with Crippen LogP contribution in [0.15, 0.2) is 0 Å². The van der Waals surface area contributed by atoms with Crippen molar-refractivity contribution in [1.82, 2.24) is 0 Å². The zero-order valence-electron chi connectivity index (χ0n) is 7.86. The molecule has 78 valence electrons. The molecule has 0 aromatic heterocycles. The highest BCUT2D eigenvalue weighted by atomic mass is 32.2. The fraction of sp³-hybridized carbons (Fsp3) is 0.857. The van der Waals surface area contributed by atoms with Gasteiger partial charge in [0.1, 0.15) is 0 Å². The van der Waals surface area contributed by atoms with E-state index in [0.29, 0.717) is 0 Å². The minimum Gasteiger partial charge on any atom is -0.369 e. The molecular formula is C7H16N2O3S. The fourth-order valence-electron chi connectivity index (χ4n) is 0.741. The maximum absolute atomic E-state index is 11.4. The molecule has 2 unspecified atom stereocenters. The Morgan fingerprint density at radius 2 is 1.85 bits per heavy atom. The van der Waals surface area contributed by atoms with Crippen molar-refractivity contribution < 1.29 is 13.2 Å². The predicted octanol–water partition coefficient (Wildman–Crippen LogP) is -1.13. The lowest BCUT2D eigenvalue weighted by Gasteiger charge is -2.12. The van der Waals surface area contributed by atoms with E-state index in [9.17, 15) is 13.2 Å². The van der Waals surface area contributed by atoms with Crippen molar-refractivity contribution in [3.63, 3.8) is 0 Å². The van der Waals surface area contributed by atoms with E-state index in [4.69, 9.17) is 11.5 Å². The van der Waals surface area contributed by atoms with E-state index in [1.54, 1.807) is 0 Å². The third kappa shape index (κ3) is 3.73. The average Bonchev–Trinajstić information content (AvgIpc) is 2.01. The second-order valence-corrected chi connectivity index (χ2v) is 5.64. The van der Waals surface area contributed by atoms with Crippen LogP contribution >= 0.6 is 0 Å². The summed E-state index contributed by atoms with van der Waals surface area (Å²) in [5.41, 5.74) is 10.2. The smallest absolute Gasteiger partial charge is 0.221 e. The van der Waals surface area contributed by atoms with Gasteiger partial charge in [-0.2, -0.15) is 0 Å². The number of hydrogen-bond acceptors (Lipinski definition) is 4. The number of carbonyl (C=O) groups is 1. The summed E-state index contributed by atoms with van der Waals surface area (Å²) in [6, 6.07) is 0. The molecule has 0 rings (SSSR count). The molecule has 5 nitrogen and oxygen atoms in total. The Kier molecular flexibility index (Phi) is 4.35. The molecule has 2 atom stereocenters. The lowest BCUT2D eigenvalue weighted by atomic mass is 10.2. The molecule has 0 saturated carbocycles. The largest absolute Gasteiger partial charge is 0.369 e. The van der Waals surface area contributed by atoms with Crippen molar-refractivity contribution in [3.8, 4) is 0 Å². The van der Waals surface area contributed by atoms with Gasteiger partial charge < -0.3 is 11.5 Å². The summed E-state index contributed by atoms with van der Waals surface area (Å²) in [4.78, 5) is 10.6. The third-order valence-corrected chi connectivity index (χ3v) is 4.30. The molecule has 0 aliphatic carbocycles. The molecule has 0 aromatic carbocycles. The van der Waals surface area contributed by atoms with Crippen molar-refractivity contribution in [2.75, 3.05) is 12.3 Å². The molecule has 0 radical (unpaired) electrons. The van der Waals surface area contributed by atoms with Crippen molar-refractivity contribution in [2.45, 2.75) is 19.1 Å². The minimum absolute atomic E-state index is 0.0633. The van der Waals surface area contributed by atoms with E-state index in [2.05, 4.69) is 0 Å². The number of hydrogen-bond donors (Lipinski definition) is 2. The Hall–Kier alpha value is -0.620. The summed E-state index contributed by atoms with van der Waals surface area (Å²) < 4.78 is 22.8. The third-order valence-electron chi connectivity index (χ3n) is 1.91. The Balaban J connectivity index is 4.43. The van der Waals surface area contributed by atoms with Gasteiger partial charge in [0.05, 0.1) is 11.0 Å². The number of rotatable bonds is 5. The van der Waals surface area contributed by atoms with E-state index >= 15 is 0 Å². The average molecular weight is 208 g/mol. The molecule has 0 aliphatic rings. The van der Waals surface area contributed by atoms with Gasteiger partial charge in [0.25, 0.3) is 0 Å². The van der Waals surface area contributed by atoms with E-state index in [1.165, 1.54) is 13.8 Å². The summed E-state index contributed by atoms with van der Waals surface area (Å²) in [5.74, 6) is -1.48. The molecule has 0 spiro atoms. The molecule has 0 saturated heterocycles. The predicted molar refractivity (Wildman–Crippen MR) is 50.7 cm³/mol. The van der Waals surface area contributed by atoms with Gasteiger partial charge in [-0.05, 0) is 6.92 Å². The van der Waals surface area contributed by atoms with Crippen LogP contribution in [0.25, 0.3) is 0 Å². The molecule has 1 amide bonds. The minimum atomic E-state index is -3.28. The second kappa shape index (κ2) is 4.57. The number of amides is 1. The summed E-state index contributed by atoms with van der Waals surface area (Å²) >= 11 is 0. The van der Waals surface area contributed by atoms with E-state index in [1.807, 2.05) is 0 Å². The number of sulfone groups is 1. The normalized spacial score (nSPS) is 16.5. The van der Waals surface area contributed by atoms with Crippen LogP contribution in [0.1, 0.15) is 13.8 Å². The van der Waals surface area contributed by atoms with Crippen LogP contribution in [0.4, 0.5) is 0 Å². The highest BCUT2D eigenvalue weighted by Crippen LogP contribution is 2.06. The van der Waals surface area contributed by atoms with E-state index < -0.39 is 26.9 Å². The topological polar surface area (TPSA) is 103 Å². The standard InChI is InChI=1S/C7H16N2O3S/c1-5(7(9)10)4-13(11,12)6(2)3-8/h5-6H,3-4,8H2,1-2H3,(H2,9,10). The van der Waals surface area contributed by atoms with Crippen LogP contribution in [-0.4, -0.2) is 31.9 Å². The molecule has 13 heavy (non-hydrogen) atoms. The van der Waals surface area contributed by atoms with Gasteiger partial charge in [-0.3, -0.25) is 4.79 Å². The first-order valence-electron chi connectivity index (χ1n) is 4.02. The molecule has 0 bridgehead atoms. The van der Waals surface area contributed by atoms with Gasteiger partial charge in [0.15, 0.2) is 9.84 Å². The summed E-state index contributed by atoms with van der Waals surface area (Å²) in [7, 11) is -3.28. The lowest BCUT2D eigenvalue weighted by molar-refractivity contribution is -0.120. The summed E-state index contributed by atoms with van der Waals surface area (Å²) in [6.45, 7) is 3.07. The van der Waals surface area contributed by atoms with Crippen LogP contribution in [0.2, 0.25) is 0 Å².